The fourth-order valence-electron chi connectivity index (χ4n) is 0.651. The van der Waals surface area contributed by atoms with Crippen molar-refractivity contribution in [3.63, 3.8) is 0 Å². The molecule has 1 aromatic rings. The molecule has 1 aromatic heterocycles. The fourth-order valence-corrected chi connectivity index (χ4v) is 0.651. The third-order valence-electron chi connectivity index (χ3n) is 1.64. The quantitative estimate of drug-likeness (QED) is 0.664. The summed E-state index contributed by atoms with van der Waals surface area (Å²) < 4.78 is 4.84. The lowest BCUT2D eigenvalue weighted by molar-refractivity contribution is 0.510. The Morgan fingerprint density at radius 2 is 2.40 bits per heavy atom. The molecule has 0 radical (unpaired) electrons. The summed E-state index contributed by atoms with van der Waals surface area (Å²) >= 11 is 0. The molecule has 3 heteroatoms. The van der Waals surface area contributed by atoms with Gasteiger partial charge in [0.2, 0.25) is 0 Å². The minimum absolute atomic E-state index is 0.0625. The van der Waals surface area contributed by atoms with Crippen LogP contribution in [0.4, 0.5) is 0 Å². The van der Waals surface area contributed by atoms with E-state index < -0.39 is 0 Å². The van der Waals surface area contributed by atoms with E-state index in [2.05, 4.69) is 4.98 Å². The Morgan fingerprint density at radius 3 is 2.80 bits per heavy atom. The molecule has 0 aliphatic heterocycles. The van der Waals surface area contributed by atoms with Gasteiger partial charge in [-0.3, -0.25) is 0 Å². The number of oxazole rings is 1. The predicted molar refractivity (Wildman–Crippen MR) is 38.6 cm³/mol. The van der Waals surface area contributed by atoms with Crippen molar-refractivity contribution in [1.82, 2.24) is 4.98 Å². The van der Waals surface area contributed by atoms with Crippen LogP contribution in [0.1, 0.15) is 19.5 Å². The molecule has 0 amide bonds. The third kappa shape index (κ3) is 1.19. The van der Waals surface area contributed by atoms with Gasteiger partial charge in [0, 0.05) is 12.0 Å². The number of hydrogen-bond acceptors (Lipinski definition) is 3. The van der Waals surface area contributed by atoms with E-state index in [4.69, 9.17) is 10.2 Å². The van der Waals surface area contributed by atoms with Gasteiger partial charge in [-0.15, -0.1) is 0 Å². The first-order chi connectivity index (χ1) is 4.67. The van der Waals surface area contributed by atoms with Crippen LogP contribution in [0.2, 0.25) is 0 Å². The van der Waals surface area contributed by atoms with Crippen molar-refractivity contribution in [2.75, 3.05) is 6.54 Å². The summed E-state index contributed by atoms with van der Waals surface area (Å²) in [6.45, 7) is 4.65. The zero-order chi connectivity index (χ0) is 7.61. The Kier molecular flexibility index (Phi) is 1.76. The average Bonchev–Trinajstić information content (AvgIpc) is 2.38. The molecule has 1 rings (SSSR count). The van der Waals surface area contributed by atoms with Gasteiger partial charge in [0.1, 0.15) is 6.26 Å². The SMILES string of the molecule is CC(C)(CN)c1cocn1. The lowest BCUT2D eigenvalue weighted by Crippen LogP contribution is -2.28. The van der Waals surface area contributed by atoms with E-state index in [1.54, 1.807) is 6.26 Å². The Morgan fingerprint density at radius 1 is 1.70 bits per heavy atom. The van der Waals surface area contributed by atoms with Gasteiger partial charge < -0.3 is 10.2 Å². The highest BCUT2D eigenvalue weighted by atomic mass is 16.3. The second-order valence-electron chi connectivity index (χ2n) is 2.96. The minimum atomic E-state index is -0.0625. The van der Waals surface area contributed by atoms with Crippen LogP contribution in [-0.2, 0) is 5.41 Å². The molecular weight excluding hydrogens is 128 g/mol. The van der Waals surface area contributed by atoms with Gasteiger partial charge in [-0.1, -0.05) is 13.8 Å². The second kappa shape index (κ2) is 2.42. The summed E-state index contributed by atoms with van der Waals surface area (Å²) in [4.78, 5) is 4.01. The summed E-state index contributed by atoms with van der Waals surface area (Å²) in [5.74, 6) is 0. The normalized spacial score (nSPS) is 11.9. The molecule has 0 spiro atoms. The number of hydrogen-bond donors (Lipinski definition) is 1. The summed E-state index contributed by atoms with van der Waals surface area (Å²) in [7, 11) is 0. The van der Waals surface area contributed by atoms with E-state index in [-0.39, 0.29) is 5.41 Å². The zero-order valence-corrected chi connectivity index (χ0v) is 6.29. The molecule has 10 heavy (non-hydrogen) atoms. The highest BCUT2D eigenvalue weighted by Crippen LogP contribution is 2.18. The first-order valence-corrected chi connectivity index (χ1v) is 3.25. The van der Waals surface area contributed by atoms with Crippen LogP contribution >= 0.6 is 0 Å². The molecular formula is C7H12N2O. The lowest BCUT2D eigenvalue weighted by atomic mass is 9.90. The smallest absolute Gasteiger partial charge is 0.180 e. The second-order valence-corrected chi connectivity index (χ2v) is 2.96. The topological polar surface area (TPSA) is 52.0 Å². The molecule has 0 aromatic carbocycles. The largest absolute Gasteiger partial charge is 0.451 e. The van der Waals surface area contributed by atoms with Crippen molar-refractivity contribution in [3.05, 3.63) is 18.4 Å². The van der Waals surface area contributed by atoms with Crippen molar-refractivity contribution in [2.24, 2.45) is 5.73 Å². The maximum absolute atomic E-state index is 5.52. The van der Waals surface area contributed by atoms with E-state index >= 15 is 0 Å². The summed E-state index contributed by atoms with van der Waals surface area (Å²) in [6, 6.07) is 0. The van der Waals surface area contributed by atoms with Crippen LogP contribution in [0.15, 0.2) is 17.1 Å². The maximum Gasteiger partial charge on any atom is 0.180 e. The molecule has 1 heterocycles. The van der Waals surface area contributed by atoms with Crippen LogP contribution in [0.5, 0.6) is 0 Å². The van der Waals surface area contributed by atoms with Gasteiger partial charge in [0.25, 0.3) is 0 Å². The molecule has 3 nitrogen and oxygen atoms in total. The predicted octanol–water partition coefficient (Wildman–Crippen LogP) is 0.911. The van der Waals surface area contributed by atoms with Gasteiger partial charge in [0.15, 0.2) is 6.39 Å². The summed E-state index contributed by atoms with van der Waals surface area (Å²) in [5.41, 5.74) is 6.37. The van der Waals surface area contributed by atoms with Gasteiger partial charge in [-0.05, 0) is 0 Å². The Labute approximate surface area is 60.2 Å². The van der Waals surface area contributed by atoms with E-state index in [1.165, 1.54) is 6.39 Å². The Balaban J connectivity index is 2.85. The first-order valence-electron chi connectivity index (χ1n) is 3.25. The van der Waals surface area contributed by atoms with Crippen molar-refractivity contribution < 1.29 is 4.42 Å². The number of nitrogens with two attached hydrogens (primary N) is 1. The summed E-state index contributed by atoms with van der Waals surface area (Å²) in [5, 5.41) is 0. The lowest BCUT2D eigenvalue weighted by Gasteiger charge is -2.17. The molecule has 2 N–H and O–H groups in total. The number of aromatic nitrogens is 1. The molecule has 0 saturated carbocycles. The van der Waals surface area contributed by atoms with E-state index in [1.807, 2.05) is 13.8 Å². The molecule has 0 unspecified atom stereocenters. The van der Waals surface area contributed by atoms with Gasteiger partial charge in [-0.25, -0.2) is 4.98 Å². The monoisotopic (exact) mass is 140 g/mol. The number of nitrogens with zero attached hydrogens (tertiary/aromatic N) is 1. The van der Waals surface area contributed by atoms with Crippen molar-refractivity contribution in [3.8, 4) is 0 Å². The van der Waals surface area contributed by atoms with Crippen LogP contribution in [0, 0.1) is 0 Å². The molecule has 0 aliphatic rings. The molecule has 0 fully saturated rings. The van der Waals surface area contributed by atoms with E-state index in [0.717, 1.165) is 5.69 Å². The maximum atomic E-state index is 5.52. The fraction of sp³-hybridized carbons (Fsp3) is 0.571. The number of rotatable bonds is 2. The Bertz CT molecular complexity index is 191. The zero-order valence-electron chi connectivity index (χ0n) is 6.29. The molecule has 56 valence electrons. The third-order valence-corrected chi connectivity index (χ3v) is 1.64. The summed E-state index contributed by atoms with van der Waals surface area (Å²) in [6.07, 6.45) is 3.06. The molecule has 0 atom stereocenters. The Hall–Kier alpha value is -0.830. The molecule has 0 bridgehead atoms. The van der Waals surface area contributed by atoms with Crippen molar-refractivity contribution >= 4 is 0 Å². The van der Waals surface area contributed by atoms with Crippen LogP contribution < -0.4 is 5.73 Å². The minimum Gasteiger partial charge on any atom is -0.451 e. The van der Waals surface area contributed by atoms with Crippen molar-refractivity contribution in [2.45, 2.75) is 19.3 Å². The van der Waals surface area contributed by atoms with Crippen LogP contribution in [0.3, 0.4) is 0 Å². The van der Waals surface area contributed by atoms with Crippen molar-refractivity contribution in [1.29, 1.82) is 0 Å². The van der Waals surface area contributed by atoms with Crippen LogP contribution in [-0.4, -0.2) is 11.5 Å². The highest BCUT2D eigenvalue weighted by molar-refractivity contribution is 5.08. The van der Waals surface area contributed by atoms with E-state index in [9.17, 15) is 0 Å². The van der Waals surface area contributed by atoms with Gasteiger partial charge in [-0.2, -0.15) is 0 Å². The van der Waals surface area contributed by atoms with E-state index in [0.29, 0.717) is 6.54 Å². The van der Waals surface area contributed by atoms with Crippen LogP contribution in [0.25, 0.3) is 0 Å². The average molecular weight is 140 g/mol. The highest BCUT2D eigenvalue weighted by Gasteiger charge is 2.20. The van der Waals surface area contributed by atoms with Gasteiger partial charge >= 0.3 is 0 Å². The van der Waals surface area contributed by atoms with Gasteiger partial charge in [0.05, 0.1) is 5.69 Å². The standard InChI is InChI=1S/C7H12N2O/c1-7(2,4-8)6-3-10-5-9-6/h3,5H,4,8H2,1-2H3. The first kappa shape index (κ1) is 7.28. The molecule has 0 aliphatic carbocycles. The molecule has 0 saturated heterocycles.